The number of rotatable bonds is 8. The van der Waals surface area contributed by atoms with Crippen LogP contribution < -0.4 is 9.47 Å². The molecule has 6 nitrogen and oxygen atoms in total. The lowest BCUT2D eigenvalue weighted by Crippen LogP contribution is -2.00. The number of benzene rings is 2. The van der Waals surface area contributed by atoms with Crippen molar-refractivity contribution in [3.05, 3.63) is 57.8 Å². The third kappa shape index (κ3) is 4.79. The summed E-state index contributed by atoms with van der Waals surface area (Å²) in [5.74, 6) is 1.95. The number of ether oxygens (including phenoxy) is 2. The van der Waals surface area contributed by atoms with Crippen molar-refractivity contribution in [1.82, 2.24) is 14.9 Å². The topological polar surface area (TPSA) is 64.4 Å². The smallest absolute Gasteiger partial charge is 0.216 e. The summed E-state index contributed by atoms with van der Waals surface area (Å²) in [6, 6.07) is 13.0. The van der Waals surface area contributed by atoms with Gasteiger partial charge in [-0.3, -0.25) is 0 Å². The van der Waals surface area contributed by atoms with Crippen LogP contribution in [0.5, 0.6) is 11.5 Å². The van der Waals surface area contributed by atoms with E-state index in [0.29, 0.717) is 33.7 Å². The maximum atomic E-state index is 6.08. The van der Waals surface area contributed by atoms with Crippen LogP contribution in [0.15, 0.2) is 47.6 Å². The highest BCUT2D eigenvalue weighted by atomic mass is 35.5. The highest BCUT2D eigenvalue weighted by molar-refractivity contribution is 7.71. The van der Waals surface area contributed by atoms with E-state index < -0.39 is 0 Å². The minimum Gasteiger partial charge on any atom is -0.493 e. The monoisotopic (exact) mass is 416 g/mol. The molecule has 3 aromatic rings. The Morgan fingerprint density at radius 1 is 1.25 bits per heavy atom. The molecule has 0 aliphatic carbocycles. The third-order valence-corrected chi connectivity index (χ3v) is 4.50. The fourth-order valence-electron chi connectivity index (χ4n) is 2.55. The van der Waals surface area contributed by atoms with E-state index in [2.05, 4.69) is 22.2 Å². The van der Waals surface area contributed by atoms with Gasteiger partial charge in [-0.2, -0.15) is 14.9 Å². The average Bonchev–Trinajstić information content (AvgIpc) is 3.07. The van der Waals surface area contributed by atoms with Crippen LogP contribution in [0.1, 0.15) is 25.3 Å². The van der Waals surface area contributed by atoms with E-state index in [1.807, 2.05) is 36.4 Å². The summed E-state index contributed by atoms with van der Waals surface area (Å²) >= 11 is 11.4. The lowest BCUT2D eigenvalue weighted by Gasteiger charge is -2.10. The normalized spacial score (nSPS) is 11.1. The first-order chi connectivity index (χ1) is 13.6. The second-order valence-corrected chi connectivity index (χ2v) is 6.85. The molecule has 0 fully saturated rings. The highest BCUT2D eigenvalue weighted by Gasteiger charge is 2.09. The zero-order valence-corrected chi connectivity index (χ0v) is 17.3. The Labute approximate surface area is 173 Å². The second kappa shape index (κ2) is 9.52. The van der Waals surface area contributed by atoms with Gasteiger partial charge in [0.15, 0.2) is 17.3 Å². The minimum absolute atomic E-state index is 0.387. The number of hydrogen-bond donors (Lipinski definition) is 1. The molecule has 146 valence electrons. The van der Waals surface area contributed by atoms with Crippen molar-refractivity contribution < 1.29 is 9.47 Å². The molecule has 0 unspecified atom stereocenters. The largest absolute Gasteiger partial charge is 0.493 e. The summed E-state index contributed by atoms with van der Waals surface area (Å²) in [6.45, 7) is 2.78. The van der Waals surface area contributed by atoms with Crippen LogP contribution >= 0.6 is 23.8 Å². The molecule has 0 spiro atoms. The fourth-order valence-corrected chi connectivity index (χ4v) is 2.92. The summed E-state index contributed by atoms with van der Waals surface area (Å²) in [5, 5.41) is 12.1. The molecule has 0 bridgehead atoms. The minimum atomic E-state index is 0.387. The van der Waals surface area contributed by atoms with Gasteiger partial charge in [0.2, 0.25) is 4.77 Å². The first kappa shape index (κ1) is 20.1. The Morgan fingerprint density at radius 3 is 2.86 bits per heavy atom. The molecule has 0 atom stereocenters. The maximum absolute atomic E-state index is 6.08. The number of nitrogens with one attached hydrogen (secondary N) is 1. The summed E-state index contributed by atoms with van der Waals surface area (Å²) in [5.41, 5.74) is 1.66. The standard InChI is InChI=1S/C20H21ClN4O2S/c1-3-4-10-27-17-9-8-14(11-18(17)26-2)13-22-25-19(23-24-20(25)28)15-6-5-7-16(21)12-15/h5-9,11-13H,3-4,10H2,1-2H3,(H,24,28)/b22-13-. The number of methoxy groups -OCH3 is 1. The number of aromatic amines is 1. The van der Waals surface area contributed by atoms with Gasteiger partial charge >= 0.3 is 0 Å². The van der Waals surface area contributed by atoms with Gasteiger partial charge in [-0.25, -0.2) is 5.10 Å². The molecule has 0 aliphatic rings. The molecule has 1 heterocycles. The molecular weight excluding hydrogens is 396 g/mol. The maximum Gasteiger partial charge on any atom is 0.216 e. The first-order valence-corrected chi connectivity index (χ1v) is 9.69. The molecule has 8 heteroatoms. The van der Waals surface area contributed by atoms with E-state index in [1.165, 1.54) is 0 Å². The predicted octanol–water partition coefficient (Wildman–Crippen LogP) is 5.33. The molecule has 3 rings (SSSR count). The highest BCUT2D eigenvalue weighted by Crippen LogP contribution is 2.28. The summed E-state index contributed by atoms with van der Waals surface area (Å²) in [6.07, 6.45) is 3.77. The number of hydrogen-bond acceptors (Lipinski definition) is 5. The van der Waals surface area contributed by atoms with Gasteiger partial charge in [0, 0.05) is 10.6 Å². The lowest BCUT2D eigenvalue weighted by molar-refractivity contribution is 0.288. The molecular formula is C20H21ClN4O2S. The molecule has 28 heavy (non-hydrogen) atoms. The summed E-state index contributed by atoms with van der Waals surface area (Å²) < 4.78 is 13.1. The molecule has 0 saturated heterocycles. The van der Waals surface area contributed by atoms with E-state index in [0.717, 1.165) is 24.0 Å². The van der Waals surface area contributed by atoms with Crippen molar-refractivity contribution in [2.24, 2.45) is 5.10 Å². The zero-order chi connectivity index (χ0) is 19.9. The number of nitrogens with zero attached hydrogens (tertiary/aromatic N) is 3. The van der Waals surface area contributed by atoms with Gasteiger partial charge < -0.3 is 9.47 Å². The van der Waals surface area contributed by atoms with Crippen molar-refractivity contribution in [1.29, 1.82) is 0 Å². The summed E-state index contributed by atoms with van der Waals surface area (Å²) in [7, 11) is 1.62. The lowest BCUT2D eigenvalue weighted by atomic mass is 10.2. The van der Waals surface area contributed by atoms with Gasteiger partial charge in [0.05, 0.1) is 19.9 Å². The van der Waals surface area contributed by atoms with Crippen LogP contribution in [-0.4, -0.2) is 34.8 Å². The Balaban J connectivity index is 1.86. The van der Waals surface area contributed by atoms with Gasteiger partial charge in [-0.05, 0) is 54.5 Å². The van der Waals surface area contributed by atoms with Crippen molar-refractivity contribution in [3.63, 3.8) is 0 Å². The number of halogens is 1. The zero-order valence-electron chi connectivity index (χ0n) is 15.7. The van der Waals surface area contributed by atoms with Gasteiger partial charge in [-0.15, -0.1) is 0 Å². The molecule has 0 aliphatic heterocycles. The van der Waals surface area contributed by atoms with Gasteiger partial charge in [-0.1, -0.05) is 37.1 Å². The number of unbranched alkanes of at least 4 members (excludes halogenated alkanes) is 1. The summed E-state index contributed by atoms with van der Waals surface area (Å²) in [4.78, 5) is 0. The predicted molar refractivity (Wildman–Crippen MR) is 114 cm³/mol. The molecule has 1 aromatic heterocycles. The van der Waals surface area contributed by atoms with Crippen LogP contribution in [0.3, 0.4) is 0 Å². The van der Waals surface area contributed by atoms with Crippen LogP contribution in [0.4, 0.5) is 0 Å². The average molecular weight is 417 g/mol. The van der Waals surface area contributed by atoms with Gasteiger partial charge in [0.1, 0.15) is 0 Å². The quantitative estimate of drug-likeness (QED) is 0.306. The Bertz CT molecular complexity index is 1030. The van der Waals surface area contributed by atoms with Crippen LogP contribution in [0.2, 0.25) is 5.02 Å². The van der Waals surface area contributed by atoms with Crippen LogP contribution in [-0.2, 0) is 0 Å². The molecule has 0 radical (unpaired) electrons. The van der Waals surface area contributed by atoms with Crippen LogP contribution in [0.25, 0.3) is 11.4 Å². The molecule has 2 aromatic carbocycles. The molecule has 1 N–H and O–H groups in total. The van der Waals surface area contributed by atoms with Crippen molar-refractivity contribution in [2.45, 2.75) is 19.8 Å². The van der Waals surface area contributed by atoms with E-state index in [1.54, 1.807) is 24.1 Å². The Kier molecular flexibility index (Phi) is 6.84. The second-order valence-electron chi connectivity index (χ2n) is 6.03. The van der Waals surface area contributed by atoms with E-state index in [4.69, 9.17) is 33.3 Å². The Hall–Kier alpha value is -2.64. The van der Waals surface area contributed by atoms with E-state index in [-0.39, 0.29) is 0 Å². The SMILES string of the molecule is CCCCOc1ccc(/C=N\n2c(-c3cccc(Cl)c3)n[nH]c2=S)cc1OC. The number of H-pyrrole nitrogens is 1. The van der Waals surface area contributed by atoms with Gasteiger partial charge in [0.25, 0.3) is 0 Å². The molecule has 0 saturated carbocycles. The van der Waals surface area contributed by atoms with E-state index >= 15 is 0 Å². The van der Waals surface area contributed by atoms with Crippen molar-refractivity contribution >= 4 is 30.0 Å². The first-order valence-electron chi connectivity index (χ1n) is 8.91. The Morgan fingerprint density at radius 2 is 2.11 bits per heavy atom. The van der Waals surface area contributed by atoms with Crippen molar-refractivity contribution in [3.8, 4) is 22.9 Å². The number of aromatic nitrogens is 3. The van der Waals surface area contributed by atoms with Crippen molar-refractivity contribution in [2.75, 3.05) is 13.7 Å². The van der Waals surface area contributed by atoms with Crippen LogP contribution in [0, 0.1) is 4.77 Å². The molecule has 0 amide bonds. The van der Waals surface area contributed by atoms with E-state index in [9.17, 15) is 0 Å². The fraction of sp³-hybridized carbons (Fsp3) is 0.250. The third-order valence-electron chi connectivity index (χ3n) is 4.00.